The maximum atomic E-state index is 5.20. The number of rotatable bonds is 4. The first-order chi connectivity index (χ1) is 9.86. The highest BCUT2D eigenvalue weighted by Crippen LogP contribution is 2.23. The maximum absolute atomic E-state index is 5.20. The van der Waals surface area contributed by atoms with Crippen LogP contribution in [0.4, 0.5) is 5.95 Å². The molecule has 0 aliphatic heterocycles. The van der Waals surface area contributed by atoms with Crippen LogP contribution in [0.25, 0.3) is 5.69 Å². The van der Waals surface area contributed by atoms with Gasteiger partial charge in [-0.1, -0.05) is 19.3 Å². The van der Waals surface area contributed by atoms with Gasteiger partial charge in [0.15, 0.2) is 0 Å². The van der Waals surface area contributed by atoms with Gasteiger partial charge < -0.3 is 10.1 Å². The number of ether oxygens (including phenoxy) is 1. The van der Waals surface area contributed by atoms with E-state index in [1.807, 2.05) is 36.7 Å². The lowest BCUT2D eigenvalue weighted by Crippen LogP contribution is -2.24. The largest absolute Gasteiger partial charge is 0.497 e. The molecule has 1 fully saturated rings. The third kappa shape index (κ3) is 2.79. The van der Waals surface area contributed by atoms with E-state index in [0.717, 1.165) is 17.4 Å². The zero-order valence-corrected chi connectivity index (χ0v) is 11.9. The molecule has 106 valence electrons. The quantitative estimate of drug-likeness (QED) is 0.923. The molecule has 0 atom stereocenters. The van der Waals surface area contributed by atoms with E-state index in [1.165, 1.54) is 32.1 Å². The summed E-state index contributed by atoms with van der Waals surface area (Å²) in [5.74, 6) is 1.80. The Kier molecular flexibility index (Phi) is 3.90. The molecule has 0 radical (unpaired) electrons. The fourth-order valence-corrected chi connectivity index (χ4v) is 2.79. The van der Waals surface area contributed by atoms with Gasteiger partial charge in [-0.15, -0.1) is 0 Å². The first kappa shape index (κ1) is 13.0. The van der Waals surface area contributed by atoms with Crippen molar-refractivity contribution in [1.82, 2.24) is 9.55 Å². The molecule has 0 bridgehead atoms. The second-order valence-corrected chi connectivity index (χ2v) is 5.30. The first-order valence-electron chi connectivity index (χ1n) is 7.31. The molecule has 1 N–H and O–H groups in total. The standard InChI is InChI=1S/C16H21N3O/c1-20-15-9-7-14(8-10-15)19-12-11-17-16(19)18-13-5-3-2-4-6-13/h7-13H,2-6H2,1H3,(H,17,18). The second-order valence-electron chi connectivity index (χ2n) is 5.30. The molecule has 1 aliphatic carbocycles. The van der Waals surface area contributed by atoms with Gasteiger partial charge in [0, 0.05) is 24.1 Å². The number of benzene rings is 1. The highest BCUT2D eigenvalue weighted by atomic mass is 16.5. The van der Waals surface area contributed by atoms with Crippen molar-refractivity contribution in [3.63, 3.8) is 0 Å². The average Bonchev–Trinajstić information content (AvgIpc) is 2.96. The average molecular weight is 271 g/mol. The van der Waals surface area contributed by atoms with Crippen LogP contribution in [0.1, 0.15) is 32.1 Å². The van der Waals surface area contributed by atoms with E-state index >= 15 is 0 Å². The minimum absolute atomic E-state index is 0.558. The lowest BCUT2D eigenvalue weighted by molar-refractivity contribution is 0.414. The molecular formula is C16H21N3O. The fraction of sp³-hybridized carbons (Fsp3) is 0.438. The molecule has 0 unspecified atom stereocenters. The van der Waals surface area contributed by atoms with Crippen LogP contribution in [0, 0.1) is 0 Å². The van der Waals surface area contributed by atoms with Gasteiger partial charge in [0.1, 0.15) is 5.75 Å². The number of hydrogen-bond donors (Lipinski definition) is 1. The van der Waals surface area contributed by atoms with Crippen LogP contribution >= 0.6 is 0 Å². The third-order valence-electron chi connectivity index (χ3n) is 3.93. The minimum Gasteiger partial charge on any atom is -0.497 e. The highest BCUT2D eigenvalue weighted by molar-refractivity contribution is 5.44. The van der Waals surface area contributed by atoms with E-state index in [2.05, 4.69) is 14.9 Å². The summed E-state index contributed by atoms with van der Waals surface area (Å²) in [7, 11) is 1.68. The lowest BCUT2D eigenvalue weighted by Gasteiger charge is -2.23. The highest BCUT2D eigenvalue weighted by Gasteiger charge is 2.15. The van der Waals surface area contributed by atoms with Gasteiger partial charge in [-0.25, -0.2) is 4.98 Å². The molecule has 0 saturated heterocycles. The summed E-state index contributed by atoms with van der Waals surface area (Å²) in [5, 5.41) is 3.58. The van der Waals surface area contributed by atoms with Crippen LogP contribution in [0.15, 0.2) is 36.7 Å². The van der Waals surface area contributed by atoms with Gasteiger partial charge in [0.25, 0.3) is 0 Å². The zero-order valence-electron chi connectivity index (χ0n) is 11.9. The Morgan fingerprint density at radius 1 is 1.15 bits per heavy atom. The molecule has 0 amide bonds. The zero-order chi connectivity index (χ0) is 13.8. The van der Waals surface area contributed by atoms with Crippen LogP contribution in [0.2, 0.25) is 0 Å². The molecule has 4 nitrogen and oxygen atoms in total. The summed E-state index contributed by atoms with van der Waals surface area (Å²) >= 11 is 0. The van der Waals surface area contributed by atoms with E-state index in [0.29, 0.717) is 6.04 Å². The molecule has 3 rings (SSSR count). The Balaban J connectivity index is 1.77. The number of imidazole rings is 1. The molecule has 1 aliphatic rings. The van der Waals surface area contributed by atoms with Crippen LogP contribution < -0.4 is 10.1 Å². The van der Waals surface area contributed by atoms with Gasteiger partial charge in [0.2, 0.25) is 5.95 Å². The fourth-order valence-electron chi connectivity index (χ4n) is 2.79. The normalized spacial score (nSPS) is 16.1. The summed E-state index contributed by atoms with van der Waals surface area (Å²) in [6, 6.07) is 8.60. The predicted octanol–water partition coefficient (Wildman–Crippen LogP) is 3.63. The minimum atomic E-state index is 0.558. The second kappa shape index (κ2) is 5.99. The van der Waals surface area contributed by atoms with Gasteiger partial charge in [0.05, 0.1) is 7.11 Å². The summed E-state index contributed by atoms with van der Waals surface area (Å²) in [4.78, 5) is 4.45. The van der Waals surface area contributed by atoms with Crippen molar-refractivity contribution in [1.29, 1.82) is 0 Å². The number of nitrogens with one attached hydrogen (secondary N) is 1. The SMILES string of the molecule is COc1ccc(-n2ccnc2NC2CCCCC2)cc1. The van der Waals surface area contributed by atoms with Gasteiger partial charge in [-0.3, -0.25) is 4.57 Å². The Hall–Kier alpha value is -1.97. The van der Waals surface area contributed by atoms with E-state index in [1.54, 1.807) is 7.11 Å². The van der Waals surface area contributed by atoms with Crippen LogP contribution in [0.3, 0.4) is 0 Å². The molecule has 2 aromatic rings. The molecule has 4 heteroatoms. The third-order valence-corrected chi connectivity index (χ3v) is 3.93. The maximum Gasteiger partial charge on any atom is 0.207 e. The summed E-state index contributed by atoms with van der Waals surface area (Å²) in [6.45, 7) is 0. The molecule has 1 saturated carbocycles. The van der Waals surface area contributed by atoms with E-state index in [4.69, 9.17) is 4.74 Å². The molecule has 1 aromatic carbocycles. The Morgan fingerprint density at radius 3 is 2.60 bits per heavy atom. The smallest absolute Gasteiger partial charge is 0.207 e. The van der Waals surface area contributed by atoms with E-state index in [-0.39, 0.29) is 0 Å². The van der Waals surface area contributed by atoms with Crippen molar-refractivity contribution in [3.05, 3.63) is 36.7 Å². The number of hydrogen-bond acceptors (Lipinski definition) is 3. The number of nitrogens with zero attached hydrogens (tertiary/aromatic N) is 2. The number of aromatic nitrogens is 2. The molecule has 1 aromatic heterocycles. The van der Waals surface area contributed by atoms with Crippen LogP contribution in [-0.2, 0) is 0 Å². The number of anilines is 1. The topological polar surface area (TPSA) is 39.1 Å². The Labute approximate surface area is 119 Å². The van der Waals surface area contributed by atoms with Crippen molar-refractivity contribution in [2.75, 3.05) is 12.4 Å². The monoisotopic (exact) mass is 271 g/mol. The van der Waals surface area contributed by atoms with Crippen LogP contribution in [0.5, 0.6) is 5.75 Å². The first-order valence-corrected chi connectivity index (χ1v) is 7.31. The van der Waals surface area contributed by atoms with E-state index < -0.39 is 0 Å². The summed E-state index contributed by atoms with van der Waals surface area (Å²) in [6.07, 6.45) is 10.3. The molecule has 1 heterocycles. The molecule has 20 heavy (non-hydrogen) atoms. The summed E-state index contributed by atoms with van der Waals surface area (Å²) < 4.78 is 7.29. The van der Waals surface area contributed by atoms with Crippen LogP contribution in [-0.4, -0.2) is 22.7 Å². The van der Waals surface area contributed by atoms with Gasteiger partial charge in [-0.05, 0) is 37.1 Å². The number of methoxy groups -OCH3 is 1. The summed E-state index contributed by atoms with van der Waals surface area (Å²) in [5.41, 5.74) is 1.10. The Bertz CT molecular complexity index is 541. The lowest BCUT2D eigenvalue weighted by atomic mass is 9.96. The van der Waals surface area contributed by atoms with E-state index in [9.17, 15) is 0 Å². The molecule has 0 spiro atoms. The van der Waals surface area contributed by atoms with Crippen molar-refractivity contribution < 1.29 is 4.74 Å². The van der Waals surface area contributed by atoms with Crippen molar-refractivity contribution >= 4 is 5.95 Å². The Morgan fingerprint density at radius 2 is 1.90 bits per heavy atom. The van der Waals surface area contributed by atoms with Gasteiger partial charge >= 0.3 is 0 Å². The van der Waals surface area contributed by atoms with Crippen molar-refractivity contribution in [3.8, 4) is 11.4 Å². The molecular weight excluding hydrogens is 250 g/mol. The predicted molar refractivity (Wildman–Crippen MR) is 80.6 cm³/mol. The van der Waals surface area contributed by atoms with Gasteiger partial charge in [-0.2, -0.15) is 0 Å². The van der Waals surface area contributed by atoms with Crippen molar-refractivity contribution in [2.45, 2.75) is 38.1 Å². The van der Waals surface area contributed by atoms with Crippen molar-refractivity contribution in [2.24, 2.45) is 0 Å².